The molecule has 0 aromatic heterocycles. The van der Waals surface area contributed by atoms with Crippen LogP contribution in [0.4, 0.5) is 0 Å². The molecule has 0 radical (unpaired) electrons. The fraction of sp³-hybridized carbons (Fsp3) is 1.00. The van der Waals surface area contributed by atoms with E-state index in [9.17, 15) is 0 Å². The highest BCUT2D eigenvalue weighted by molar-refractivity contribution is 4.59. The van der Waals surface area contributed by atoms with Gasteiger partial charge in [0.2, 0.25) is 0 Å². The van der Waals surface area contributed by atoms with Crippen molar-refractivity contribution in [3.8, 4) is 0 Å². The van der Waals surface area contributed by atoms with E-state index in [2.05, 4.69) is 25.8 Å². The van der Waals surface area contributed by atoms with E-state index in [4.69, 9.17) is 4.74 Å². The molecule has 0 aromatic carbocycles. The van der Waals surface area contributed by atoms with Crippen LogP contribution in [0.15, 0.2) is 0 Å². The summed E-state index contributed by atoms with van der Waals surface area (Å²) in [5.41, 5.74) is 0. The van der Waals surface area contributed by atoms with Crippen LogP contribution in [0.25, 0.3) is 0 Å². The van der Waals surface area contributed by atoms with E-state index in [-0.39, 0.29) is 0 Å². The van der Waals surface area contributed by atoms with Crippen molar-refractivity contribution in [2.24, 2.45) is 5.92 Å². The maximum atomic E-state index is 5.11. The molecule has 68 valence electrons. The van der Waals surface area contributed by atoms with Crippen LogP contribution in [0.5, 0.6) is 0 Å². The third-order valence-corrected chi connectivity index (χ3v) is 2.09. The molecule has 0 heterocycles. The molecule has 0 saturated carbocycles. The molecule has 0 aromatic rings. The minimum absolute atomic E-state index is 0.699. The number of rotatable bonds is 6. The summed E-state index contributed by atoms with van der Waals surface area (Å²) in [5.74, 6) is 0.699. The zero-order valence-electron chi connectivity index (χ0n) is 8.26. The third-order valence-electron chi connectivity index (χ3n) is 2.09. The minimum Gasteiger partial charge on any atom is -0.384 e. The monoisotopic (exact) mass is 159 g/mol. The molecular weight excluding hydrogens is 138 g/mol. The second kappa shape index (κ2) is 6.62. The van der Waals surface area contributed by atoms with Crippen molar-refractivity contribution in [1.82, 2.24) is 4.90 Å². The highest BCUT2D eigenvalue weighted by Crippen LogP contribution is 2.04. The maximum absolute atomic E-state index is 5.11. The van der Waals surface area contributed by atoms with Crippen LogP contribution < -0.4 is 0 Å². The largest absolute Gasteiger partial charge is 0.384 e. The Morgan fingerprint density at radius 3 is 2.36 bits per heavy atom. The highest BCUT2D eigenvalue weighted by atomic mass is 16.5. The van der Waals surface area contributed by atoms with Gasteiger partial charge in [-0.2, -0.15) is 0 Å². The van der Waals surface area contributed by atoms with Gasteiger partial charge >= 0.3 is 0 Å². The topological polar surface area (TPSA) is 12.5 Å². The zero-order valence-corrected chi connectivity index (χ0v) is 8.26. The first-order chi connectivity index (χ1) is 5.24. The lowest BCUT2D eigenvalue weighted by molar-refractivity contribution is 0.128. The number of hydrogen-bond acceptors (Lipinski definition) is 2. The van der Waals surface area contributed by atoms with E-state index in [1.54, 1.807) is 7.11 Å². The van der Waals surface area contributed by atoms with Gasteiger partial charge in [0.1, 0.15) is 0 Å². The average molecular weight is 159 g/mol. The number of ether oxygens (including phenoxy) is 1. The Morgan fingerprint density at radius 1 is 1.36 bits per heavy atom. The molecule has 2 heteroatoms. The molecule has 0 aliphatic carbocycles. The molecule has 0 spiro atoms. The first-order valence-electron chi connectivity index (χ1n) is 4.42. The Morgan fingerprint density at radius 2 is 2.00 bits per heavy atom. The van der Waals surface area contributed by atoms with E-state index in [0.717, 1.165) is 19.7 Å². The van der Waals surface area contributed by atoms with E-state index in [1.165, 1.54) is 6.42 Å². The fourth-order valence-corrected chi connectivity index (χ4v) is 1.11. The van der Waals surface area contributed by atoms with E-state index < -0.39 is 0 Å². The number of hydrogen-bond donors (Lipinski definition) is 0. The standard InChI is InChI=1S/C9H21NO/c1-5-9(8-11-4)7-10(3)6-2/h9H,5-8H2,1-4H3. The Bertz CT molecular complexity index is 85.6. The van der Waals surface area contributed by atoms with Gasteiger partial charge in [0.15, 0.2) is 0 Å². The Labute approximate surface area is 70.5 Å². The van der Waals surface area contributed by atoms with Gasteiger partial charge in [-0.25, -0.2) is 0 Å². The van der Waals surface area contributed by atoms with Crippen molar-refractivity contribution >= 4 is 0 Å². The van der Waals surface area contributed by atoms with Gasteiger partial charge in [-0.05, 0) is 25.9 Å². The lowest BCUT2D eigenvalue weighted by Crippen LogP contribution is -2.27. The Hall–Kier alpha value is -0.0800. The van der Waals surface area contributed by atoms with Gasteiger partial charge in [0.25, 0.3) is 0 Å². The smallest absolute Gasteiger partial charge is 0.0502 e. The van der Waals surface area contributed by atoms with Crippen LogP contribution >= 0.6 is 0 Å². The Balaban J connectivity index is 3.49. The van der Waals surface area contributed by atoms with Crippen molar-refractivity contribution in [3.63, 3.8) is 0 Å². The molecular formula is C9H21NO. The van der Waals surface area contributed by atoms with Gasteiger partial charge in [-0.3, -0.25) is 0 Å². The van der Waals surface area contributed by atoms with E-state index >= 15 is 0 Å². The molecule has 0 aliphatic heterocycles. The minimum atomic E-state index is 0.699. The Kier molecular flexibility index (Phi) is 6.57. The summed E-state index contributed by atoms with van der Waals surface area (Å²) in [5, 5.41) is 0. The molecule has 0 aliphatic rings. The van der Waals surface area contributed by atoms with Crippen molar-refractivity contribution < 1.29 is 4.74 Å². The van der Waals surface area contributed by atoms with Crippen LogP contribution in [-0.2, 0) is 4.74 Å². The average Bonchev–Trinajstić information content (AvgIpc) is 2.03. The summed E-state index contributed by atoms with van der Waals surface area (Å²) in [6.45, 7) is 7.56. The normalized spacial score (nSPS) is 13.9. The van der Waals surface area contributed by atoms with Gasteiger partial charge in [0, 0.05) is 13.7 Å². The molecule has 0 bridgehead atoms. The molecule has 2 nitrogen and oxygen atoms in total. The number of nitrogens with zero attached hydrogens (tertiary/aromatic N) is 1. The first-order valence-corrected chi connectivity index (χ1v) is 4.42. The third kappa shape index (κ3) is 5.22. The molecule has 1 atom stereocenters. The summed E-state index contributed by atoms with van der Waals surface area (Å²) >= 11 is 0. The van der Waals surface area contributed by atoms with E-state index in [0.29, 0.717) is 5.92 Å². The summed E-state index contributed by atoms with van der Waals surface area (Å²) in [6.07, 6.45) is 1.21. The molecule has 0 rings (SSSR count). The quantitative estimate of drug-likeness (QED) is 0.584. The summed E-state index contributed by atoms with van der Waals surface area (Å²) in [7, 11) is 3.92. The zero-order chi connectivity index (χ0) is 8.69. The summed E-state index contributed by atoms with van der Waals surface area (Å²) in [4.78, 5) is 2.33. The first kappa shape index (κ1) is 10.9. The molecule has 0 saturated heterocycles. The molecule has 0 amide bonds. The molecule has 11 heavy (non-hydrogen) atoms. The van der Waals surface area contributed by atoms with Gasteiger partial charge < -0.3 is 9.64 Å². The lowest BCUT2D eigenvalue weighted by Gasteiger charge is -2.20. The summed E-state index contributed by atoms with van der Waals surface area (Å²) in [6, 6.07) is 0. The molecule has 0 N–H and O–H groups in total. The van der Waals surface area contributed by atoms with E-state index in [1.807, 2.05) is 0 Å². The van der Waals surface area contributed by atoms with Crippen molar-refractivity contribution in [3.05, 3.63) is 0 Å². The van der Waals surface area contributed by atoms with Crippen LogP contribution in [0.1, 0.15) is 20.3 Å². The van der Waals surface area contributed by atoms with Crippen LogP contribution in [0.2, 0.25) is 0 Å². The van der Waals surface area contributed by atoms with Crippen molar-refractivity contribution in [2.45, 2.75) is 20.3 Å². The fourth-order valence-electron chi connectivity index (χ4n) is 1.11. The second-order valence-corrected chi connectivity index (χ2v) is 3.08. The van der Waals surface area contributed by atoms with Crippen LogP contribution in [0, 0.1) is 5.92 Å². The van der Waals surface area contributed by atoms with Crippen LogP contribution in [0.3, 0.4) is 0 Å². The maximum Gasteiger partial charge on any atom is 0.0502 e. The van der Waals surface area contributed by atoms with Gasteiger partial charge in [-0.1, -0.05) is 13.8 Å². The van der Waals surface area contributed by atoms with Crippen LogP contribution in [-0.4, -0.2) is 38.8 Å². The highest BCUT2D eigenvalue weighted by Gasteiger charge is 2.07. The lowest BCUT2D eigenvalue weighted by atomic mass is 10.1. The van der Waals surface area contributed by atoms with Crippen molar-refractivity contribution in [2.75, 3.05) is 33.9 Å². The predicted octanol–water partition coefficient (Wildman–Crippen LogP) is 1.61. The SMILES string of the molecule is CCC(COC)CN(C)CC. The number of methoxy groups -OCH3 is 1. The van der Waals surface area contributed by atoms with Crippen molar-refractivity contribution in [1.29, 1.82) is 0 Å². The van der Waals surface area contributed by atoms with Gasteiger partial charge in [0.05, 0.1) is 6.61 Å². The predicted molar refractivity (Wildman–Crippen MR) is 48.8 cm³/mol. The summed E-state index contributed by atoms with van der Waals surface area (Å²) < 4.78 is 5.11. The second-order valence-electron chi connectivity index (χ2n) is 3.08. The van der Waals surface area contributed by atoms with Gasteiger partial charge in [-0.15, -0.1) is 0 Å². The molecule has 0 fully saturated rings. The molecule has 1 unspecified atom stereocenters.